The number of carboxylic acids is 1. The summed E-state index contributed by atoms with van der Waals surface area (Å²) in [4.78, 5) is 25.9. The number of hydrogen-bond acceptors (Lipinski definition) is 4. The Hall–Kier alpha value is -2.15. The van der Waals surface area contributed by atoms with Crippen molar-refractivity contribution in [3.8, 4) is 0 Å². The predicted molar refractivity (Wildman–Crippen MR) is 76.4 cm³/mol. The molecule has 3 N–H and O–H groups in total. The molecule has 1 saturated carbocycles. The molecule has 2 rings (SSSR count). The Morgan fingerprint density at radius 1 is 1.38 bits per heavy atom. The van der Waals surface area contributed by atoms with Crippen LogP contribution in [0.25, 0.3) is 0 Å². The molecule has 2 amide bonds. The first-order valence-corrected chi connectivity index (χ1v) is 6.97. The minimum atomic E-state index is -1.10. The number of nitrogens with one attached hydrogen (secondary N) is 2. The van der Waals surface area contributed by atoms with Gasteiger partial charge in [0.25, 0.3) is 0 Å². The van der Waals surface area contributed by atoms with E-state index in [1.165, 1.54) is 31.2 Å². The summed E-state index contributed by atoms with van der Waals surface area (Å²) in [6.45, 7) is 2.00. The third-order valence-electron chi connectivity index (χ3n) is 3.04. The molecular weight excluding hydrogens is 274 g/mol. The van der Waals surface area contributed by atoms with Gasteiger partial charge in [-0.15, -0.1) is 0 Å². The largest absolute Gasteiger partial charge is 0.477 e. The maximum Gasteiger partial charge on any atom is 0.354 e. The zero-order chi connectivity index (χ0) is 15.1. The van der Waals surface area contributed by atoms with Crippen LogP contribution < -0.4 is 10.6 Å². The highest BCUT2D eigenvalue weighted by Crippen LogP contribution is 2.28. The average molecular weight is 293 g/mol. The number of rotatable bonds is 8. The van der Waals surface area contributed by atoms with Crippen molar-refractivity contribution >= 4 is 17.7 Å². The molecule has 1 fully saturated rings. The fourth-order valence-corrected chi connectivity index (χ4v) is 1.68. The van der Waals surface area contributed by atoms with E-state index in [-0.39, 0.29) is 11.7 Å². The number of nitrogens with zero attached hydrogens (tertiary/aromatic N) is 1. The highest BCUT2D eigenvalue weighted by molar-refractivity contribution is 5.90. The number of aromatic carboxylic acids is 1. The maximum absolute atomic E-state index is 11.6. The van der Waals surface area contributed by atoms with Gasteiger partial charge in [-0.2, -0.15) is 0 Å². The van der Waals surface area contributed by atoms with Gasteiger partial charge in [-0.25, -0.2) is 14.6 Å². The molecule has 0 bridgehead atoms. The van der Waals surface area contributed by atoms with Gasteiger partial charge in [0.15, 0.2) is 0 Å². The molecular formula is C14H19N3O4. The van der Waals surface area contributed by atoms with E-state index >= 15 is 0 Å². The minimum absolute atomic E-state index is 0.0613. The van der Waals surface area contributed by atoms with Crippen molar-refractivity contribution < 1.29 is 19.4 Å². The normalized spacial score (nSPS) is 13.7. The van der Waals surface area contributed by atoms with E-state index in [0.717, 1.165) is 18.9 Å². The van der Waals surface area contributed by atoms with Gasteiger partial charge >= 0.3 is 12.0 Å². The predicted octanol–water partition coefficient (Wildman–Crippen LogP) is 1.72. The van der Waals surface area contributed by atoms with E-state index in [1.807, 2.05) is 0 Å². The Balaban J connectivity index is 1.58. The molecule has 114 valence electrons. The van der Waals surface area contributed by atoms with Crippen LogP contribution in [-0.4, -0.2) is 41.8 Å². The Bertz CT molecular complexity index is 485. The lowest BCUT2D eigenvalue weighted by atomic mass is 10.3. The molecule has 21 heavy (non-hydrogen) atoms. The van der Waals surface area contributed by atoms with Crippen LogP contribution in [0, 0.1) is 5.92 Å². The first-order chi connectivity index (χ1) is 10.1. The summed E-state index contributed by atoms with van der Waals surface area (Å²) in [6, 6.07) is 2.49. The van der Waals surface area contributed by atoms with Crippen LogP contribution in [0.1, 0.15) is 29.8 Å². The smallest absolute Gasteiger partial charge is 0.354 e. The van der Waals surface area contributed by atoms with Gasteiger partial charge in [0.05, 0.1) is 11.9 Å². The Labute approximate surface area is 122 Å². The van der Waals surface area contributed by atoms with E-state index in [2.05, 4.69) is 15.6 Å². The topological polar surface area (TPSA) is 101 Å². The summed E-state index contributed by atoms with van der Waals surface area (Å²) >= 11 is 0. The molecule has 0 spiro atoms. The molecule has 0 unspecified atom stereocenters. The monoisotopic (exact) mass is 293 g/mol. The van der Waals surface area contributed by atoms with Crippen molar-refractivity contribution in [1.29, 1.82) is 0 Å². The van der Waals surface area contributed by atoms with Gasteiger partial charge in [0.1, 0.15) is 5.69 Å². The summed E-state index contributed by atoms with van der Waals surface area (Å²) in [5, 5.41) is 14.0. The van der Waals surface area contributed by atoms with E-state index in [4.69, 9.17) is 9.84 Å². The number of carbonyl (C=O) groups excluding carboxylic acids is 1. The van der Waals surface area contributed by atoms with Crippen LogP contribution in [0.3, 0.4) is 0 Å². The van der Waals surface area contributed by atoms with Crippen LogP contribution in [0.2, 0.25) is 0 Å². The van der Waals surface area contributed by atoms with Crippen LogP contribution >= 0.6 is 0 Å². The number of ether oxygens (including phenoxy) is 1. The summed E-state index contributed by atoms with van der Waals surface area (Å²) in [5.74, 6) is -0.347. The molecule has 1 heterocycles. The molecule has 0 aliphatic heterocycles. The fraction of sp³-hybridized carbons (Fsp3) is 0.500. The van der Waals surface area contributed by atoms with Crippen LogP contribution in [0.5, 0.6) is 0 Å². The van der Waals surface area contributed by atoms with Crippen molar-refractivity contribution in [2.75, 3.05) is 25.1 Å². The number of carboxylic acid groups (broad SMARTS) is 1. The number of carbonyl (C=O) groups is 2. The van der Waals surface area contributed by atoms with Crippen LogP contribution in [-0.2, 0) is 4.74 Å². The first-order valence-electron chi connectivity index (χ1n) is 6.97. The van der Waals surface area contributed by atoms with E-state index in [9.17, 15) is 9.59 Å². The SMILES string of the molecule is O=C(NCCCOCC1CC1)Nc1ccc(C(=O)O)nc1. The number of hydrogen-bond donors (Lipinski definition) is 3. The molecule has 0 aromatic carbocycles. The summed E-state index contributed by atoms with van der Waals surface area (Å²) in [6.07, 6.45) is 4.61. The number of aromatic nitrogens is 1. The van der Waals surface area contributed by atoms with Gasteiger partial charge in [-0.05, 0) is 37.3 Å². The average Bonchev–Trinajstić information content (AvgIpc) is 3.27. The third kappa shape index (κ3) is 5.78. The van der Waals surface area contributed by atoms with Gasteiger partial charge < -0.3 is 20.5 Å². The second-order valence-corrected chi connectivity index (χ2v) is 4.99. The Morgan fingerprint density at radius 3 is 2.81 bits per heavy atom. The van der Waals surface area contributed by atoms with Crippen LogP contribution in [0.4, 0.5) is 10.5 Å². The van der Waals surface area contributed by atoms with Crippen molar-refractivity contribution in [2.45, 2.75) is 19.3 Å². The van der Waals surface area contributed by atoms with Crippen molar-refractivity contribution in [2.24, 2.45) is 5.92 Å². The molecule has 1 aliphatic rings. The van der Waals surface area contributed by atoms with E-state index in [0.29, 0.717) is 18.8 Å². The number of pyridine rings is 1. The van der Waals surface area contributed by atoms with Crippen molar-refractivity contribution in [3.63, 3.8) is 0 Å². The number of amides is 2. The summed E-state index contributed by atoms with van der Waals surface area (Å²) in [5.41, 5.74) is 0.385. The molecule has 7 nitrogen and oxygen atoms in total. The van der Waals surface area contributed by atoms with Crippen molar-refractivity contribution in [3.05, 3.63) is 24.0 Å². The zero-order valence-corrected chi connectivity index (χ0v) is 11.7. The van der Waals surface area contributed by atoms with Crippen LogP contribution in [0.15, 0.2) is 18.3 Å². The quantitative estimate of drug-likeness (QED) is 0.634. The van der Waals surface area contributed by atoms with Gasteiger partial charge in [0, 0.05) is 19.8 Å². The number of anilines is 1. The number of urea groups is 1. The lowest BCUT2D eigenvalue weighted by Crippen LogP contribution is -2.30. The molecule has 0 radical (unpaired) electrons. The molecule has 0 atom stereocenters. The molecule has 7 heteroatoms. The Morgan fingerprint density at radius 2 is 2.19 bits per heavy atom. The van der Waals surface area contributed by atoms with Crippen molar-refractivity contribution in [1.82, 2.24) is 10.3 Å². The molecule has 1 aromatic heterocycles. The highest BCUT2D eigenvalue weighted by Gasteiger charge is 2.20. The lowest BCUT2D eigenvalue weighted by Gasteiger charge is -2.07. The minimum Gasteiger partial charge on any atom is -0.477 e. The maximum atomic E-state index is 11.6. The molecule has 1 aromatic rings. The zero-order valence-electron chi connectivity index (χ0n) is 11.7. The second kappa shape index (κ2) is 7.58. The summed E-state index contributed by atoms with van der Waals surface area (Å²) in [7, 11) is 0. The molecule has 1 aliphatic carbocycles. The van der Waals surface area contributed by atoms with E-state index in [1.54, 1.807) is 0 Å². The third-order valence-corrected chi connectivity index (χ3v) is 3.04. The van der Waals surface area contributed by atoms with Gasteiger partial charge in [0.2, 0.25) is 0 Å². The standard InChI is InChI=1S/C14H19N3O4/c18-13(19)12-5-4-11(8-16-12)17-14(20)15-6-1-7-21-9-10-2-3-10/h4-5,8,10H,1-3,6-7,9H2,(H,18,19)(H2,15,17,20). The second-order valence-electron chi connectivity index (χ2n) is 4.99. The molecule has 0 saturated heterocycles. The lowest BCUT2D eigenvalue weighted by molar-refractivity contribution is 0.0690. The highest BCUT2D eigenvalue weighted by atomic mass is 16.5. The van der Waals surface area contributed by atoms with E-state index < -0.39 is 5.97 Å². The van der Waals surface area contributed by atoms with Gasteiger partial charge in [-0.3, -0.25) is 0 Å². The Kier molecular flexibility index (Phi) is 5.51. The first kappa shape index (κ1) is 15.2. The van der Waals surface area contributed by atoms with Gasteiger partial charge in [-0.1, -0.05) is 0 Å². The summed E-state index contributed by atoms with van der Waals surface area (Å²) < 4.78 is 5.46. The fourth-order valence-electron chi connectivity index (χ4n) is 1.68.